The molecule has 1 heterocycles. The van der Waals surface area contributed by atoms with E-state index in [0.29, 0.717) is 28.8 Å². The van der Waals surface area contributed by atoms with E-state index in [1.807, 2.05) is 6.92 Å². The fourth-order valence-electron chi connectivity index (χ4n) is 3.31. The number of aryl methyl sites for hydroxylation is 1. The normalized spacial score (nSPS) is 12.7. The van der Waals surface area contributed by atoms with Crippen LogP contribution in [-0.4, -0.2) is 48.6 Å². The van der Waals surface area contributed by atoms with E-state index in [0.717, 1.165) is 0 Å². The standard InChI is InChI=1S/C24H24F2N4O4.Na/c1-2-30-28-24(27-29-30)21(12-11-19(31)13-20(32)14-22(33)34)23(15-3-7-17(25)8-4-15)16-5-9-18(26)10-6-16;/h3-12,19-20,31-32H,2,13-14H2,1H3,(H,33,34);/q;+1/p-1/b12-11+;/t19-,20-;/m1./s1. The van der Waals surface area contributed by atoms with Gasteiger partial charge in [0.1, 0.15) is 11.6 Å². The van der Waals surface area contributed by atoms with E-state index in [-0.39, 0.29) is 41.8 Å². The molecule has 0 saturated carbocycles. The Hall–Kier alpha value is -2.76. The fraction of sp³-hybridized carbons (Fsp3) is 0.250. The molecule has 8 nitrogen and oxygen atoms in total. The summed E-state index contributed by atoms with van der Waals surface area (Å²) in [4.78, 5) is 12.0. The van der Waals surface area contributed by atoms with Gasteiger partial charge in [-0.25, -0.2) is 8.78 Å². The number of aromatic nitrogens is 4. The Morgan fingerprint density at radius 2 is 1.60 bits per heavy atom. The van der Waals surface area contributed by atoms with Crippen LogP contribution in [0.1, 0.15) is 36.7 Å². The Kier molecular flexibility index (Phi) is 10.9. The van der Waals surface area contributed by atoms with Gasteiger partial charge < -0.3 is 20.1 Å². The minimum atomic E-state index is -1.43. The first kappa shape index (κ1) is 28.5. The summed E-state index contributed by atoms with van der Waals surface area (Å²) in [5, 5.41) is 43.2. The molecule has 178 valence electrons. The Morgan fingerprint density at radius 3 is 2.06 bits per heavy atom. The van der Waals surface area contributed by atoms with Crippen LogP contribution in [0.3, 0.4) is 0 Å². The van der Waals surface area contributed by atoms with Gasteiger partial charge in [-0.3, -0.25) is 0 Å². The number of allylic oxidation sites excluding steroid dienone is 2. The zero-order chi connectivity index (χ0) is 24.7. The van der Waals surface area contributed by atoms with E-state index < -0.39 is 36.2 Å². The van der Waals surface area contributed by atoms with Crippen LogP contribution in [0.4, 0.5) is 8.78 Å². The number of carboxylic acids is 1. The van der Waals surface area contributed by atoms with Crippen molar-refractivity contribution < 1.29 is 58.5 Å². The maximum atomic E-state index is 13.6. The van der Waals surface area contributed by atoms with Gasteiger partial charge in [0.25, 0.3) is 0 Å². The second-order valence-corrected chi connectivity index (χ2v) is 7.50. The monoisotopic (exact) mass is 492 g/mol. The van der Waals surface area contributed by atoms with Crippen molar-refractivity contribution in [2.75, 3.05) is 0 Å². The maximum Gasteiger partial charge on any atom is 1.00 e. The fourth-order valence-corrected chi connectivity index (χ4v) is 3.31. The van der Waals surface area contributed by atoms with Crippen LogP contribution >= 0.6 is 0 Å². The second-order valence-electron chi connectivity index (χ2n) is 7.50. The number of rotatable bonds is 10. The van der Waals surface area contributed by atoms with Crippen LogP contribution < -0.4 is 34.7 Å². The molecule has 0 unspecified atom stereocenters. The first-order valence-corrected chi connectivity index (χ1v) is 10.5. The van der Waals surface area contributed by atoms with Crippen molar-refractivity contribution in [2.45, 2.75) is 38.5 Å². The first-order chi connectivity index (χ1) is 16.3. The quantitative estimate of drug-likeness (QED) is 0.268. The molecular weight excluding hydrogens is 469 g/mol. The second kappa shape index (κ2) is 13.4. The van der Waals surface area contributed by atoms with E-state index in [2.05, 4.69) is 15.4 Å². The number of hydrogen-bond acceptors (Lipinski definition) is 7. The average Bonchev–Trinajstić information content (AvgIpc) is 3.27. The molecule has 0 fully saturated rings. The molecule has 3 aromatic rings. The molecule has 35 heavy (non-hydrogen) atoms. The van der Waals surface area contributed by atoms with Crippen LogP contribution in [0.5, 0.6) is 0 Å². The van der Waals surface area contributed by atoms with Crippen LogP contribution in [0.2, 0.25) is 0 Å². The number of aliphatic hydroxyl groups excluding tert-OH is 2. The van der Waals surface area contributed by atoms with E-state index in [1.54, 1.807) is 24.3 Å². The molecule has 3 rings (SSSR count). The summed E-state index contributed by atoms with van der Waals surface area (Å²) in [6.07, 6.45) is -0.493. The topological polar surface area (TPSA) is 124 Å². The number of tetrazole rings is 1. The SMILES string of the molecule is CCn1nnc(C(/C=C/[C@@H](O)C[C@@H](O)CC(=O)[O-])=C(c2ccc(F)cc2)c2ccc(F)cc2)n1.[Na+]. The molecule has 2 atom stereocenters. The Balaban J connectivity index is 0.00000432. The average molecular weight is 492 g/mol. The van der Waals surface area contributed by atoms with Crippen LogP contribution in [0.25, 0.3) is 11.1 Å². The number of aliphatic carboxylic acids is 1. The molecule has 0 aliphatic heterocycles. The Bertz CT molecular complexity index is 1130. The third-order valence-corrected chi connectivity index (χ3v) is 4.91. The molecule has 0 saturated heterocycles. The van der Waals surface area contributed by atoms with Gasteiger partial charge in [0, 0.05) is 30.0 Å². The van der Waals surface area contributed by atoms with E-state index in [1.165, 1.54) is 41.2 Å². The summed E-state index contributed by atoms with van der Waals surface area (Å²) in [5.41, 5.74) is 2.07. The van der Waals surface area contributed by atoms with Gasteiger partial charge in [-0.05, 0) is 47.5 Å². The molecule has 0 radical (unpaired) electrons. The molecule has 2 aromatic carbocycles. The van der Waals surface area contributed by atoms with Crippen LogP contribution in [0.15, 0.2) is 60.7 Å². The number of nitrogens with zero attached hydrogens (tertiary/aromatic N) is 4. The molecule has 2 N–H and O–H groups in total. The van der Waals surface area contributed by atoms with Gasteiger partial charge in [0.2, 0.25) is 5.82 Å². The largest absolute Gasteiger partial charge is 1.00 e. The zero-order valence-electron chi connectivity index (χ0n) is 19.3. The Labute approximate surface area is 222 Å². The molecule has 0 aliphatic rings. The summed E-state index contributed by atoms with van der Waals surface area (Å²) in [5.74, 6) is -2.11. The van der Waals surface area contributed by atoms with E-state index in [9.17, 15) is 28.9 Å². The smallest absolute Gasteiger partial charge is 0.550 e. The number of aliphatic hydroxyl groups is 2. The summed E-state index contributed by atoms with van der Waals surface area (Å²) < 4.78 is 27.2. The van der Waals surface area contributed by atoms with Gasteiger partial charge in [-0.1, -0.05) is 36.4 Å². The summed E-state index contributed by atoms with van der Waals surface area (Å²) in [6.45, 7) is 2.28. The molecule has 0 amide bonds. The minimum Gasteiger partial charge on any atom is -0.550 e. The first-order valence-electron chi connectivity index (χ1n) is 10.5. The minimum absolute atomic E-state index is 0. The van der Waals surface area contributed by atoms with E-state index >= 15 is 0 Å². The molecule has 0 spiro atoms. The third kappa shape index (κ3) is 8.15. The summed E-state index contributed by atoms with van der Waals surface area (Å²) >= 11 is 0. The number of halogens is 2. The van der Waals surface area contributed by atoms with Crippen molar-refractivity contribution >= 4 is 17.1 Å². The van der Waals surface area contributed by atoms with Crippen molar-refractivity contribution in [2.24, 2.45) is 0 Å². The van der Waals surface area contributed by atoms with Gasteiger partial charge in [-0.2, -0.15) is 4.80 Å². The summed E-state index contributed by atoms with van der Waals surface area (Å²) in [7, 11) is 0. The predicted octanol–water partition coefficient (Wildman–Crippen LogP) is -1.26. The van der Waals surface area contributed by atoms with Gasteiger partial charge in [-0.15, -0.1) is 10.2 Å². The zero-order valence-corrected chi connectivity index (χ0v) is 21.3. The third-order valence-electron chi connectivity index (χ3n) is 4.91. The van der Waals surface area contributed by atoms with Gasteiger partial charge in [0.15, 0.2) is 0 Å². The molecule has 0 aliphatic carbocycles. The maximum absolute atomic E-state index is 13.6. The van der Waals surface area contributed by atoms with E-state index in [4.69, 9.17) is 0 Å². The number of benzene rings is 2. The number of hydrogen-bond donors (Lipinski definition) is 2. The van der Waals surface area contributed by atoms with Crippen LogP contribution in [-0.2, 0) is 11.3 Å². The number of carbonyl (C=O) groups excluding carboxylic acids is 1. The van der Waals surface area contributed by atoms with Crippen LogP contribution in [0, 0.1) is 11.6 Å². The predicted molar refractivity (Wildman–Crippen MR) is 118 cm³/mol. The van der Waals surface area contributed by atoms with Crippen molar-refractivity contribution in [3.63, 3.8) is 0 Å². The van der Waals surface area contributed by atoms with Crippen molar-refractivity contribution in [1.29, 1.82) is 0 Å². The van der Waals surface area contributed by atoms with Crippen molar-refractivity contribution in [1.82, 2.24) is 20.2 Å². The van der Waals surface area contributed by atoms with Gasteiger partial charge >= 0.3 is 29.6 Å². The summed E-state index contributed by atoms with van der Waals surface area (Å²) in [6, 6.07) is 11.3. The Morgan fingerprint density at radius 1 is 1.06 bits per heavy atom. The molecule has 1 aromatic heterocycles. The molecular formula is C24H23F2N4NaO4. The van der Waals surface area contributed by atoms with Crippen molar-refractivity contribution in [3.05, 3.63) is 89.3 Å². The number of carboxylic acid groups (broad SMARTS) is 1. The van der Waals surface area contributed by atoms with Crippen molar-refractivity contribution in [3.8, 4) is 0 Å². The van der Waals surface area contributed by atoms with Gasteiger partial charge in [0.05, 0.1) is 18.8 Å². The number of carbonyl (C=O) groups is 1. The molecule has 0 bridgehead atoms. The molecule has 11 heteroatoms.